The van der Waals surface area contributed by atoms with Crippen LogP contribution in [0.5, 0.6) is 0 Å². The molecule has 1 N–H and O–H groups in total. The number of hydrogen-bond acceptors (Lipinski definition) is 4. The van der Waals surface area contributed by atoms with Crippen LogP contribution in [0.2, 0.25) is 5.02 Å². The van der Waals surface area contributed by atoms with Crippen LogP contribution in [-0.4, -0.2) is 44.6 Å². The Morgan fingerprint density at radius 3 is 2.48 bits per heavy atom. The number of cyclic esters (lactones) is 1. The number of hydrogen-bond donors (Lipinski definition) is 1. The second kappa shape index (κ2) is 5.82. The Balaban J connectivity index is 2.07. The zero-order valence-corrected chi connectivity index (χ0v) is 13.4. The van der Waals surface area contributed by atoms with Crippen molar-refractivity contribution < 1.29 is 17.9 Å². The number of amides is 1. The number of rotatable bonds is 5. The largest absolute Gasteiger partial charge is 0.448 e. The van der Waals surface area contributed by atoms with Crippen LogP contribution in [0.25, 0.3) is 0 Å². The van der Waals surface area contributed by atoms with E-state index in [9.17, 15) is 13.2 Å². The fourth-order valence-corrected chi connectivity index (χ4v) is 3.34. The average Bonchev–Trinajstić information content (AvgIpc) is 2.84. The molecule has 1 fully saturated rings. The normalized spacial score (nSPS) is 16.1. The molecule has 116 valence electrons. The zero-order chi connectivity index (χ0) is 15.7. The molecule has 1 aromatic rings. The van der Waals surface area contributed by atoms with Gasteiger partial charge in [0.25, 0.3) is 0 Å². The highest BCUT2D eigenvalue weighted by Gasteiger charge is 2.36. The van der Waals surface area contributed by atoms with Gasteiger partial charge in [0.1, 0.15) is 6.61 Å². The van der Waals surface area contributed by atoms with Gasteiger partial charge in [0, 0.05) is 11.6 Å². The molecule has 8 heteroatoms. The van der Waals surface area contributed by atoms with E-state index in [1.807, 2.05) is 0 Å². The summed E-state index contributed by atoms with van der Waals surface area (Å²) < 4.78 is 31.8. The Bertz CT molecular complexity index is 628. The first-order chi connectivity index (χ1) is 9.72. The predicted octanol–water partition coefficient (Wildman–Crippen LogP) is 1.85. The van der Waals surface area contributed by atoms with Crippen LogP contribution in [0.1, 0.15) is 13.8 Å². The molecule has 0 bridgehead atoms. The second-order valence-corrected chi connectivity index (χ2v) is 7.56. The Kier molecular flexibility index (Phi) is 4.46. The molecule has 1 heterocycles. The molecule has 0 aliphatic carbocycles. The van der Waals surface area contributed by atoms with Gasteiger partial charge in [-0.1, -0.05) is 11.6 Å². The lowest BCUT2D eigenvalue weighted by molar-refractivity contribution is 0.127. The predicted molar refractivity (Wildman–Crippen MR) is 78.8 cm³/mol. The van der Waals surface area contributed by atoms with Crippen LogP contribution in [0.3, 0.4) is 0 Å². The first-order valence-corrected chi connectivity index (χ1v) is 8.28. The molecule has 2 rings (SSSR count). The third-order valence-electron chi connectivity index (χ3n) is 3.31. The summed E-state index contributed by atoms with van der Waals surface area (Å²) in [6.45, 7) is 4.43. The molecule has 0 atom stereocenters. The molecule has 1 amide bonds. The van der Waals surface area contributed by atoms with Crippen molar-refractivity contribution in [3.63, 3.8) is 0 Å². The van der Waals surface area contributed by atoms with Gasteiger partial charge in [-0.25, -0.2) is 17.9 Å². The Morgan fingerprint density at radius 1 is 1.33 bits per heavy atom. The number of halogens is 1. The van der Waals surface area contributed by atoms with Crippen molar-refractivity contribution in [2.75, 3.05) is 19.7 Å². The van der Waals surface area contributed by atoms with Gasteiger partial charge in [-0.15, -0.1) is 0 Å². The molecular formula is C13H17ClN2O4S. The van der Waals surface area contributed by atoms with E-state index in [4.69, 9.17) is 16.3 Å². The molecule has 1 saturated heterocycles. The maximum absolute atomic E-state index is 12.2. The third kappa shape index (κ3) is 3.66. The maximum Gasteiger partial charge on any atom is 0.410 e. The SMILES string of the molecule is CC(C)(CNS(=O)(=O)c1ccc(Cl)cc1)N1CCOC1=O. The quantitative estimate of drug-likeness (QED) is 0.892. The number of ether oxygens (including phenoxy) is 1. The van der Waals surface area contributed by atoms with E-state index < -0.39 is 21.7 Å². The smallest absolute Gasteiger partial charge is 0.410 e. The maximum atomic E-state index is 12.2. The molecule has 1 aliphatic heterocycles. The van der Waals surface area contributed by atoms with Crippen molar-refractivity contribution in [1.29, 1.82) is 0 Å². The number of nitrogens with one attached hydrogen (secondary N) is 1. The van der Waals surface area contributed by atoms with E-state index in [1.165, 1.54) is 29.2 Å². The van der Waals surface area contributed by atoms with Crippen LogP contribution >= 0.6 is 11.6 Å². The van der Waals surface area contributed by atoms with E-state index in [2.05, 4.69) is 4.72 Å². The van der Waals surface area contributed by atoms with E-state index in [1.54, 1.807) is 13.8 Å². The van der Waals surface area contributed by atoms with E-state index in [-0.39, 0.29) is 11.4 Å². The standard InChI is InChI=1S/C13H17ClN2O4S/c1-13(2,16-7-8-20-12(16)17)9-15-21(18,19)11-5-3-10(14)4-6-11/h3-6,15H,7-9H2,1-2H3. The molecule has 0 aromatic heterocycles. The summed E-state index contributed by atoms with van der Waals surface area (Å²) in [5.74, 6) is 0. The number of carbonyl (C=O) groups is 1. The van der Waals surface area contributed by atoms with Crippen LogP contribution < -0.4 is 4.72 Å². The minimum Gasteiger partial charge on any atom is -0.448 e. The lowest BCUT2D eigenvalue weighted by Gasteiger charge is -2.33. The number of benzene rings is 1. The first-order valence-electron chi connectivity index (χ1n) is 6.42. The minimum absolute atomic E-state index is 0.0903. The highest BCUT2D eigenvalue weighted by Crippen LogP contribution is 2.20. The molecule has 6 nitrogen and oxygen atoms in total. The monoisotopic (exact) mass is 332 g/mol. The molecular weight excluding hydrogens is 316 g/mol. The van der Waals surface area contributed by atoms with Crippen LogP contribution in [-0.2, 0) is 14.8 Å². The van der Waals surface area contributed by atoms with E-state index in [0.29, 0.717) is 18.2 Å². The molecule has 1 aromatic carbocycles. The summed E-state index contributed by atoms with van der Waals surface area (Å²) in [6, 6.07) is 5.89. The van der Waals surface area contributed by atoms with Gasteiger partial charge in [-0.05, 0) is 38.1 Å². The Morgan fingerprint density at radius 2 is 1.95 bits per heavy atom. The third-order valence-corrected chi connectivity index (χ3v) is 4.98. The number of carbonyl (C=O) groups excluding carboxylic acids is 1. The van der Waals surface area contributed by atoms with Gasteiger partial charge < -0.3 is 4.74 Å². The van der Waals surface area contributed by atoms with Crippen molar-refractivity contribution in [2.24, 2.45) is 0 Å². The fourth-order valence-electron chi connectivity index (χ4n) is 2.01. The molecule has 1 aliphatic rings. The number of nitrogens with zero attached hydrogens (tertiary/aromatic N) is 1. The highest BCUT2D eigenvalue weighted by atomic mass is 35.5. The van der Waals surface area contributed by atoms with Crippen molar-refractivity contribution in [3.8, 4) is 0 Å². The summed E-state index contributed by atoms with van der Waals surface area (Å²) in [4.78, 5) is 13.2. The average molecular weight is 333 g/mol. The molecule has 0 spiro atoms. The van der Waals surface area contributed by atoms with Gasteiger partial charge in [0.05, 0.1) is 17.0 Å². The van der Waals surface area contributed by atoms with Gasteiger partial charge in [0.15, 0.2) is 0 Å². The van der Waals surface area contributed by atoms with E-state index >= 15 is 0 Å². The van der Waals surface area contributed by atoms with Gasteiger partial charge in [0.2, 0.25) is 10.0 Å². The summed E-state index contributed by atoms with van der Waals surface area (Å²) in [5, 5.41) is 0.467. The van der Waals surface area contributed by atoms with Crippen molar-refractivity contribution in [3.05, 3.63) is 29.3 Å². The lowest BCUT2D eigenvalue weighted by Crippen LogP contribution is -2.52. The molecule has 0 saturated carbocycles. The van der Waals surface area contributed by atoms with Gasteiger partial charge in [-0.3, -0.25) is 4.90 Å². The minimum atomic E-state index is -3.64. The van der Waals surface area contributed by atoms with Crippen LogP contribution in [0.15, 0.2) is 29.2 Å². The van der Waals surface area contributed by atoms with Crippen molar-refractivity contribution in [2.45, 2.75) is 24.3 Å². The van der Waals surface area contributed by atoms with Crippen molar-refractivity contribution >= 4 is 27.7 Å². The fraction of sp³-hybridized carbons (Fsp3) is 0.462. The second-order valence-electron chi connectivity index (χ2n) is 5.36. The van der Waals surface area contributed by atoms with Crippen LogP contribution in [0.4, 0.5) is 4.79 Å². The first kappa shape index (κ1) is 16.1. The Hall–Kier alpha value is -1.31. The zero-order valence-electron chi connectivity index (χ0n) is 11.8. The summed E-state index contributed by atoms with van der Waals surface area (Å²) in [5.41, 5.74) is -0.674. The highest BCUT2D eigenvalue weighted by molar-refractivity contribution is 7.89. The van der Waals surface area contributed by atoms with Gasteiger partial charge >= 0.3 is 6.09 Å². The number of sulfonamides is 1. The topological polar surface area (TPSA) is 75.7 Å². The van der Waals surface area contributed by atoms with E-state index in [0.717, 1.165) is 0 Å². The molecule has 21 heavy (non-hydrogen) atoms. The van der Waals surface area contributed by atoms with Crippen LogP contribution in [0, 0.1) is 0 Å². The summed E-state index contributed by atoms with van der Waals surface area (Å²) in [7, 11) is -3.64. The Labute approximate surface area is 129 Å². The van der Waals surface area contributed by atoms with Gasteiger partial charge in [-0.2, -0.15) is 0 Å². The molecule has 0 unspecified atom stereocenters. The molecule has 0 radical (unpaired) electrons. The lowest BCUT2D eigenvalue weighted by atomic mass is 10.0. The van der Waals surface area contributed by atoms with Crippen molar-refractivity contribution in [1.82, 2.24) is 9.62 Å². The summed E-state index contributed by atoms with van der Waals surface area (Å²) >= 11 is 5.74. The summed E-state index contributed by atoms with van der Waals surface area (Å²) in [6.07, 6.45) is -0.425.